The maximum atomic E-state index is 6.94. The normalized spacial score (nSPS) is 23.3. The average molecular weight is 814 g/mol. The Bertz CT molecular complexity index is 3280. The molecule has 0 saturated heterocycles. The molecule has 1 aromatic heterocycles. The lowest BCUT2D eigenvalue weighted by atomic mass is 9.59. The summed E-state index contributed by atoms with van der Waals surface area (Å²) in [4.78, 5) is 2.54. The van der Waals surface area contributed by atoms with Crippen LogP contribution in [0.25, 0.3) is 66.1 Å². The van der Waals surface area contributed by atoms with Crippen LogP contribution in [0.3, 0.4) is 0 Å². The average Bonchev–Trinajstić information content (AvgIpc) is 4.03. The number of benzene rings is 8. The second-order valence-corrected chi connectivity index (χ2v) is 19.8. The summed E-state index contributed by atoms with van der Waals surface area (Å²) in [6.07, 6.45) is 12.1. The highest BCUT2D eigenvalue weighted by Crippen LogP contribution is 2.73. The van der Waals surface area contributed by atoms with Gasteiger partial charge in [0.1, 0.15) is 5.58 Å². The summed E-state index contributed by atoms with van der Waals surface area (Å²) in [5.74, 6) is 3.81. The highest BCUT2D eigenvalue weighted by molar-refractivity contribution is 6.12. The number of fused-ring (bicyclic) bond motifs is 7. The first-order valence-corrected chi connectivity index (χ1v) is 23.9. The molecule has 4 bridgehead atoms. The van der Waals surface area contributed by atoms with Gasteiger partial charge in [0.05, 0.1) is 17.1 Å². The minimum atomic E-state index is 0.116. The predicted molar refractivity (Wildman–Crippen MR) is 261 cm³/mol. The number of hydrogen-bond acceptors (Lipinski definition) is 2. The molecule has 5 fully saturated rings. The largest absolute Gasteiger partial charge is 0.454 e. The van der Waals surface area contributed by atoms with E-state index >= 15 is 0 Å². The molecular weight excluding hydrogens is 763 g/mol. The summed E-state index contributed by atoms with van der Waals surface area (Å²) in [6.45, 7) is 0. The van der Waals surface area contributed by atoms with Crippen molar-refractivity contribution in [3.05, 3.63) is 187 Å². The van der Waals surface area contributed by atoms with Crippen LogP contribution >= 0.6 is 0 Å². The number of para-hydroxylation sites is 4. The first-order valence-electron chi connectivity index (χ1n) is 23.9. The second-order valence-electron chi connectivity index (χ2n) is 19.8. The molecule has 2 nitrogen and oxygen atoms in total. The first-order chi connectivity index (χ1) is 31.2. The Morgan fingerprint density at radius 1 is 0.492 bits per heavy atom. The third-order valence-electron chi connectivity index (χ3n) is 16.9. The lowest BCUT2D eigenvalue weighted by Gasteiger charge is -2.44. The highest BCUT2D eigenvalue weighted by Gasteiger charge is 2.66. The van der Waals surface area contributed by atoms with E-state index in [2.05, 4.69) is 175 Å². The van der Waals surface area contributed by atoms with Crippen LogP contribution in [0.1, 0.15) is 80.4 Å². The van der Waals surface area contributed by atoms with Crippen LogP contribution < -0.4 is 4.90 Å². The van der Waals surface area contributed by atoms with Gasteiger partial charge in [-0.1, -0.05) is 159 Å². The SMILES string of the molecule is c1ccc(N(c2ccccc2-c2cccc3cccc(C4CCCCC4)c23)c2cccc3c2oc2ccccc23)c(-c2ccc3c(c2)C2(c4ccccc4-3)C3CC4CC(C3)C2C4)c1. The molecule has 5 atom stereocenters. The third-order valence-corrected chi connectivity index (χ3v) is 16.9. The van der Waals surface area contributed by atoms with Crippen molar-refractivity contribution >= 4 is 49.8 Å². The Morgan fingerprint density at radius 2 is 1.17 bits per heavy atom. The number of rotatable bonds is 6. The van der Waals surface area contributed by atoms with Crippen LogP contribution in [0.4, 0.5) is 17.1 Å². The Morgan fingerprint density at radius 3 is 2.05 bits per heavy atom. The monoisotopic (exact) mass is 813 g/mol. The summed E-state index contributed by atoms with van der Waals surface area (Å²) in [5.41, 5.74) is 18.0. The van der Waals surface area contributed by atoms with E-state index in [1.54, 1.807) is 11.1 Å². The molecule has 9 aromatic rings. The van der Waals surface area contributed by atoms with Gasteiger partial charge in [-0.2, -0.15) is 0 Å². The summed E-state index contributed by atoms with van der Waals surface area (Å²) in [6, 6.07) is 64.6. The molecule has 5 saturated carbocycles. The first kappa shape index (κ1) is 36.1. The Balaban J connectivity index is 1.01. The van der Waals surface area contributed by atoms with Crippen molar-refractivity contribution < 1.29 is 4.42 Å². The van der Waals surface area contributed by atoms with Crippen LogP contribution in [-0.2, 0) is 5.41 Å². The van der Waals surface area contributed by atoms with Crippen molar-refractivity contribution in [3.63, 3.8) is 0 Å². The predicted octanol–water partition coefficient (Wildman–Crippen LogP) is 16.9. The van der Waals surface area contributed by atoms with E-state index in [1.165, 1.54) is 108 Å². The standard InChI is InChI=1S/C61H51NO/c1-2-15-39(16-3-1)45-23-12-17-40-18-13-24-50(59(40)45)48-21-6-10-28-56(48)62(57-29-14-25-51-49-22-7-11-30-58(49)63-60(51)57)55-27-9-5-19-44(55)41-31-32-47-46-20-4-8-26-52(46)61(54(47)37-41)43-34-38-33-42(36-43)53(61)35-38/h4-14,17-32,37-39,42-43,53H,1-3,15-16,33-36H2. The fourth-order valence-electron chi connectivity index (χ4n) is 14.6. The van der Waals surface area contributed by atoms with Crippen molar-refractivity contribution in [2.45, 2.75) is 69.1 Å². The fraction of sp³-hybridized carbons (Fsp3) is 0.246. The van der Waals surface area contributed by atoms with Crippen molar-refractivity contribution in [1.29, 1.82) is 0 Å². The maximum Gasteiger partial charge on any atom is 0.159 e. The molecular formula is C61H51NO. The molecule has 0 amide bonds. The third kappa shape index (κ3) is 5.13. The van der Waals surface area contributed by atoms with E-state index in [-0.39, 0.29) is 5.41 Å². The van der Waals surface area contributed by atoms with Crippen LogP contribution in [0, 0.1) is 23.7 Å². The van der Waals surface area contributed by atoms with Gasteiger partial charge in [0.2, 0.25) is 0 Å². The quantitative estimate of drug-likeness (QED) is 0.166. The summed E-state index contributed by atoms with van der Waals surface area (Å²) < 4.78 is 6.94. The smallest absolute Gasteiger partial charge is 0.159 e. The van der Waals surface area contributed by atoms with Crippen molar-refractivity contribution in [1.82, 2.24) is 0 Å². The zero-order chi connectivity index (χ0) is 41.2. The highest BCUT2D eigenvalue weighted by atomic mass is 16.3. The molecule has 6 aliphatic carbocycles. The van der Waals surface area contributed by atoms with Crippen molar-refractivity contribution in [2.24, 2.45) is 23.7 Å². The van der Waals surface area contributed by atoms with E-state index in [0.717, 1.165) is 62.7 Å². The second kappa shape index (κ2) is 13.8. The molecule has 1 spiro atoms. The van der Waals surface area contributed by atoms with E-state index in [0.29, 0.717) is 5.92 Å². The minimum absolute atomic E-state index is 0.116. The Labute approximate surface area is 370 Å². The topological polar surface area (TPSA) is 16.4 Å². The molecule has 8 aromatic carbocycles. The van der Waals surface area contributed by atoms with Gasteiger partial charge >= 0.3 is 0 Å². The van der Waals surface area contributed by atoms with E-state index in [9.17, 15) is 0 Å². The van der Waals surface area contributed by atoms with Crippen LogP contribution in [0.5, 0.6) is 0 Å². The summed E-state index contributed by atoms with van der Waals surface area (Å²) in [5, 5.41) is 5.00. The van der Waals surface area contributed by atoms with Gasteiger partial charge in [-0.25, -0.2) is 0 Å². The zero-order valence-corrected chi connectivity index (χ0v) is 35.8. The molecule has 2 heteroatoms. The molecule has 15 rings (SSSR count). The Hall–Kier alpha value is -6.38. The zero-order valence-electron chi connectivity index (χ0n) is 35.8. The van der Waals surface area contributed by atoms with Crippen LogP contribution in [0.2, 0.25) is 0 Å². The summed E-state index contributed by atoms with van der Waals surface area (Å²) >= 11 is 0. The van der Waals surface area contributed by atoms with Crippen molar-refractivity contribution in [3.8, 4) is 33.4 Å². The lowest BCUT2D eigenvalue weighted by molar-refractivity contribution is 0.191. The van der Waals surface area contributed by atoms with Gasteiger partial charge < -0.3 is 9.32 Å². The van der Waals surface area contributed by atoms with Crippen molar-refractivity contribution in [2.75, 3.05) is 4.90 Å². The van der Waals surface area contributed by atoms with E-state index < -0.39 is 0 Å². The number of nitrogens with zero attached hydrogens (tertiary/aromatic N) is 1. The number of anilines is 3. The van der Waals surface area contributed by atoms with Gasteiger partial charge in [-0.15, -0.1) is 0 Å². The number of furan rings is 1. The van der Waals surface area contributed by atoms with Crippen LogP contribution in [-0.4, -0.2) is 0 Å². The summed E-state index contributed by atoms with van der Waals surface area (Å²) in [7, 11) is 0. The lowest BCUT2D eigenvalue weighted by Crippen LogP contribution is -2.40. The van der Waals surface area contributed by atoms with Gasteiger partial charge in [0.15, 0.2) is 5.58 Å². The van der Waals surface area contributed by atoms with Gasteiger partial charge in [0.25, 0.3) is 0 Å². The molecule has 6 aliphatic rings. The van der Waals surface area contributed by atoms with Crippen LogP contribution in [0.15, 0.2) is 174 Å². The maximum absolute atomic E-state index is 6.94. The van der Waals surface area contributed by atoms with Gasteiger partial charge in [-0.3, -0.25) is 0 Å². The number of hydrogen-bond donors (Lipinski definition) is 0. The molecule has 5 unspecified atom stereocenters. The molecule has 1 heterocycles. The molecule has 306 valence electrons. The molecule has 63 heavy (non-hydrogen) atoms. The Kier molecular flexibility index (Phi) is 7.92. The fourth-order valence-corrected chi connectivity index (χ4v) is 14.6. The van der Waals surface area contributed by atoms with Gasteiger partial charge in [-0.05, 0) is 148 Å². The van der Waals surface area contributed by atoms with E-state index in [4.69, 9.17) is 4.42 Å². The van der Waals surface area contributed by atoms with E-state index in [1.807, 2.05) is 0 Å². The molecule has 0 aliphatic heterocycles. The molecule has 0 radical (unpaired) electrons. The van der Waals surface area contributed by atoms with Gasteiger partial charge in [0, 0.05) is 27.3 Å². The minimum Gasteiger partial charge on any atom is -0.454 e. The molecule has 0 N–H and O–H groups in total.